The second-order valence-corrected chi connectivity index (χ2v) is 9.18. The summed E-state index contributed by atoms with van der Waals surface area (Å²) < 4.78 is 21.1. The van der Waals surface area contributed by atoms with Crippen LogP contribution >= 0.6 is 11.3 Å². The predicted octanol–water partition coefficient (Wildman–Crippen LogP) is 5.44. The summed E-state index contributed by atoms with van der Waals surface area (Å²) in [5, 5.41) is 3.59. The zero-order valence-electron chi connectivity index (χ0n) is 20.7. The van der Waals surface area contributed by atoms with E-state index in [4.69, 9.17) is 23.9 Å². The van der Waals surface area contributed by atoms with Crippen molar-refractivity contribution in [2.45, 2.75) is 25.7 Å². The molecular formula is C27H28N2O6S. The minimum Gasteiger partial charge on any atom is -0.493 e. The highest BCUT2D eigenvalue weighted by molar-refractivity contribution is 7.16. The highest BCUT2D eigenvalue weighted by Gasteiger charge is 2.25. The van der Waals surface area contributed by atoms with E-state index in [0.29, 0.717) is 44.6 Å². The molecule has 8 nitrogen and oxygen atoms in total. The second kappa shape index (κ2) is 11.3. The highest BCUT2D eigenvalue weighted by Crippen LogP contribution is 2.42. The van der Waals surface area contributed by atoms with Crippen LogP contribution < -0.4 is 19.5 Å². The van der Waals surface area contributed by atoms with Crippen LogP contribution in [0.1, 0.15) is 49.6 Å². The smallest absolute Gasteiger partial charge is 0.337 e. The molecule has 9 heteroatoms. The number of anilines is 1. The zero-order chi connectivity index (χ0) is 25.7. The Hall–Kier alpha value is -3.85. The number of carbonyl (C=O) groups is 2. The zero-order valence-corrected chi connectivity index (χ0v) is 21.5. The van der Waals surface area contributed by atoms with E-state index in [-0.39, 0.29) is 5.91 Å². The minimum atomic E-state index is -0.429. The summed E-state index contributed by atoms with van der Waals surface area (Å²) in [7, 11) is 6.00. The SMILES string of the molecule is COC(=O)c1ccc(NC(=O)c2c(N=Cc3ccc(OC)c(OC)c3OC)sc3c2CCCC3)cc1. The largest absolute Gasteiger partial charge is 0.493 e. The molecule has 0 saturated heterocycles. The summed E-state index contributed by atoms with van der Waals surface area (Å²) >= 11 is 1.54. The first-order valence-corrected chi connectivity index (χ1v) is 12.3. The molecule has 36 heavy (non-hydrogen) atoms. The summed E-state index contributed by atoms with van der Waals surface area (Å²) in [6.45, 7) is 0. The molecule has 2 aromatic carbocycles. The standard InChI is InChI=1S/C27H28N2O6S/c1-32-20-14-11-17(23(33-2)24(20)34-3)15-28-26-22(19-7-5-6-8-21(19)36-26)25(30)29-18-12-9-16(10-13-18)27(31)35-4/h9-15H,5-8H2,1-4H3,(H,29,30). The Bertz CT molecular complexity index is 1300. The number of carbonyl (C=O) groups excluding carboxylic acids is 2. The number of aliphatic imine (C=N–C) groups is 1. The van der Waals surface area contributed by atoms with E-state index < -0.39 is 5.97 Å². The van der Waals surface area contributed by atoms with Crippen LogP contribution in [0.3, 0.4) is 0 Å². The molecule has 1 heterocycles. The average Bonchev–Trinajstić information content (AvgIpc) is 3.29. The van der Waals surface area contributed by atoms with Crippen molar-refractivity contribution in [2.24, 2.45) is 4.99 Å². The second-order valence-electron chi connectivity index (χ2n) is 8.10. The van der Waals surface area contributed by atoms with E-state index in [1.54, 1.807) is 69.2 Å². The van der Waals surface area contributed by atoms with Crippen molar-refractivity contribution in [3.8, 4) is 17.2 Å². The molecule has 0 radical (unpaired) electrons. The van der Waals surface area contributed by atoms with Crippen molar-refractivity contribution in [1.82, 2.24) is 0 Å². The summed E-state index contributed by atoms with van der Waals surface area (Å²) in [4.78, 5) is 31.1. The van der Waals surface area contributed by atoms with E-state index in [0.717, 1.165) is 31.2 Å². The van der Waals surface area contributed by atoms with Crippen LogP contribution in [0.25, 0.3) is 0 Å². The Kier molecular flexibility index (Phi) is 7.90. The van der Waals surface area contributed by atoms with Gasteiger partial charge in [0.25, 0.3) is 5.91 Å². The van der Waals surface area contributed by atoms with Crippen LogP contribution in [0.15, 0.2) is 41.4 Å². The fourth-order valence-corrected chi connectivity index (χ4v) is 5.46. The molecule has 1 aliphatic rings. The van der Waals surface area contributed by atoms with Crippen LogP contribution in [-0.4, -0.2) is 46.5 Å². The molecule has 0 bridgehead atoms. The minimum absolute atomic E-state index is 0.230. The number of nitrogens with zero attached hydrogens (tertiary/aromatic N) is 1. The van der Waals surface area contributed by atoms with Crippen molar-refractivity contribution in [1.29, 1.82) is 0 Å². The maximum Gasteiger partial charge on any atom is 0.337 e. The molecule has 3 aromatic rings. The van der Waals surface area contributed by atoms with Crippen LogP contribution in [0.4, 0.5) is 10.7 Å². The van der Waals surface area contributed by atoms with E-state index in [1.807, 2.05) is 6.07 Å². The number of thiophene rings is 1. The maximum atomic E-state index is 13.4. The molecule has 1 amide bonds. The number of hydrogen-bond donors (Lipinski definition) is 1. The molecule has 0 saturated carbocycles. The summed E-state index contributed by atoms with van der Waals surface area (Å²) in [6, 6.07) is 10.2. The maximum absolute atomic E-state index is 13.4. The number of fused-ring (bicyclic) bond motifs is 1. The number of esters is 1. The number of benzene rings is 2. The first-order chi connectivity index (χ1) is 17.5. The Balaban J connectivity index is 1.67. The molecule has 188 valence electrons. The molecular weight excluding hydrogens is 480 g/mol. The van der Waals surface area contributed by atoms with E-state index in [2.05, 4.69) is 5.32 Å². The van der Waals surface area contributed by atoms with Crippen LogP contribution in [0.2, 0.25) is 0 Å². The third kappa shape index (κ3) is 5.06. The lowest BCUT2D eigenvalue weighted by Crippen LogP contribution is -2.15. The first-order valence-electron chi connectivity index (χ1n) is 11.5. The molecule has 1 aliphatic carbocycles. The monoisotopic (exact) mass is 508 g/mol. The molecule has 0 spiro atoms. The number of ether oxygens (including phenoxy) is 4. The average molecular weight is 509 g/mol. The molecule has 1 N–H and O–H groups in total. The first kappa shape index (κ1) is 25.2. The molecule has 4 rings (SSSR count). The van der Waals surface area contributed by atoms with Gasteiger partial charge in [-0.2, -0.15) is 0 Å². The molecule has 0 atom stereocenters. The molecule has 0 unspecified atom stereocenters. The Morgan fingerprint density at radius 1 is 0.917 bits per heavy atom. The van der Waals surface area contributed by atoms with Crippen molar-refractivity contribution in [3.05, 3.63) is 63.5 Å². The Morgan fingerprint density at radius 3 is 2.31 bits per heavy atom. The molecule has 0 aliphatic heterocycles. The summed E-state index contributed by atoms with van der Waals surface area (Å²) in [5.74, 6) is 0.867. The van der Waals surface area contributed by atoms with Gasteiger partial charge in [0.15, 0.2) is 11.5 Å². The fourth-order valence-electron chi connectivity index (χ4n) is 4.23. The van der Waals surface area contributed by atoms with Crippen molar-refractivity contribution < 1.29 is 28.5 Å². The summed E-state index contributed by atoms with van der Waals surface area (Å²) in [6.07, 6.45) is 5.58. The van der Waals surface area contributed by atoms with Gasteiger partial charge in [-0.15, -0.1) is 11.3 Å². The highest BCUT2D eigenvalue weighted by atomic mass is 32.1. The van der Waals surface area contributed by atoms with Crippen molar-refractivity contribution in [2.75, 3.05) is 33.8 Å². The number of rotatable bonds is 8. The van der Waals surface area contributed by atoms with Gasteiger partial charge >= 0.3 is 5.97 Å². The quantitative estimate of drug-likeness (QED) is 0.321. The van der Waals surface area contributed by atoms with E-state index in [9.17, 15) is 9.59 Å². The number of methoxy groups -OCH3 is 4. The fraction of sp³-hybridized carbons (Fsp3) is 0.296. The van der Waals surface area contributed by atoms with Gasteiger partial charge in [0.1, 0.15) is 5.00 Å². The van der Waals surface area contributed by atoms with Crippen molar-refractivity contribution in [3.63, 3.8) is 0 Å². The lowest BCUT2D eigenvalue weighted by Gasteiger charge is -2.14. The van der Waals surface area contributed by atoms with Gasteiger partial charge in [-0.25, -0.2) is 9.79 Å². The Labute approximate surface area is 213 Å². The van der Waals surface area contributed by atoms with Crippen LogP contribution in [0, 0.1) is 0 Å². The van der Waals surface area contributed by atoms with Crippen molar-refractivity contribution >= 4 is 40.1 Å². The van der Waals surface area contributed by atoms with Gasteiger partial charge in [-0.05, 0) is 67.6 Å². The third-order valence-electron chi connectivity index (χ3n) is 6.00. The lowest BCUT2D eigenvalue weighted by atomic mass is 9.95. The van der Waals surface area contributed by atoms with Gasteiger partial charge in [0.05, 0.1) is 39.6 Å². The molecule has 1 aromatic heterocycles. The van der Waals surface area contributed by atoms with E-state index in [1.165, 1.54) is 12.0 Å². The topological polar surface area (TPSA) is 95.5 Å². The van der Waals surface area contributed by atoms with Crippen LogP contribution in [0.5, 0.6) is 17.2 Å². The Morgan fingerprint density at radius 2 is 1.64 bits per heavy atom. The number of nitrogens with one attached hydrogen (secondary N) is 1. The van der Waals surface area contributed by atoms with E-state index >= 15 is 0 Å². The lowest BCUT2D eigenvalue weighted by molar-refractivity contribution is 0.0600. The van der Waals surface area contributed by atoms with Gasteiger partial charge in [0, 0.05) is 22.3 Å². The number of hydrogen-bond acceptors (Lipinski definition) is 8. The number of aryl methyl sites for hydroxylation is 1. The van der Waals surface area contributed by atoms with Gasteiger partial charge in [0.2, 0.25) is 5.75 Å². The normalized spacial score (nSPS) is 12.7. The summed E-state index contributed by atoms with van der Waals surface area (Å²) in [5.41, 5.74) is 3.34. The van der Waals surface area contributed by atoms with Crippen LogP contribution in [-0.2, 0) is 17.6 Å². The number of amides is 1. The predicted molar refractivity (Wildman–Crippen MR) is 140 cm³/mol. The van der Waals surface area contributed by atoms with Gasteiger partial charge in [-0.3, -0.25) is 4.79 Å². The van der Waals surface area contributed by atoms with Gasteiger partial charge < -0.3 is 24.3 Å². The van der Waals surface area contributed by atoms with Gasteiger partial charge in [-0.1, -0.05) is 0 Å². The molecule has 0 fully saturated rings. The third-order valence-corrected chi connectivity index (χ3v) is 7.20.